The molecule has 0 bridgehead atoms. The fourth-order valence-corrected chi connectivity index (χ4v) is 3.15. The van der Waals surface area contributed by atoms with Crippen molar-refractivity contribution in [1.29, 1.82) is 0 Å². The quantitative estimate of drug-likeness (QED) is 0.506. The lowest BCUT2D eigenvalue weighted by atomic mass is 10.2. The van der Waals surface area contributed by atoms with Gasteiger partial charge in [-0.1, -0.05) is 66.7 Å². The normalized spacial score (nSPS) is 11.7. The summed E-state index contributed by atoms with van der Waals surface area (Å²) in [6, 6.07) is 31.0. The second-order valence-corrected chi connectivity index (χ2v) is 6.30. The van der Waals surface area contributed by atoms with Gasteiger partial charge in [-0.15, -0.1) is 0 Å². The van der Waals surface area contributed by atoms with Gasteiger partial charge in [0.15, 0.2) is 0 Å². The van der Waals surface area contributed by atoms with Crippen molar-refractivity contribution in [2.75, 3.05) is 0 Å². The van der Waals surface area contributed by atoms with E-state index in [0.29, 0.717) is 0 Å². The molecular weight excluding hydrogens is 318 g/mol. The highest BCUT2D eigenvalue weighted by atomic mass is 15.2. The van der Waals surface area contributed by atoms with Crippen molar-refractivity contribution < 1.29 is 0 Å². The summed E-state index contributed by atoms with van der Waals surface area (Å²) in [7, 11) is 0. The lowest BCUT2D eigenvalue weighted by molar-refractivity contribution is 0.720. The summed E-state index contributed by atoms with van der Waals surface area (Å²) in [4.78, 5) is 4.96. The number of aromatic nitrogens is 2. The van der Waals surface area contributed by atoms with Gasteiger partial charge in [0.05, 0.1) is 12.2 Å². The Morgan fingerprint density at radius 3 is 1.96 bits per heavy atom. The summed E-state index contributed by atoms with van der Waals surface area (Å²) in [6.07, 6.45) is 2.17. The maximum Gasteiger partial charge on any atom is 0.215 e. The zero-order valence-electron chi connectivity index (χ0n) is 14.8. The van der Waals surface area contributed by atoms with Crippen molar-refractivity contribution in [2.24, 2.45) is 4.99 Å². The zero-order chi connectivity index (χ0) is 17.8. The van der Waals surface area contributed by atoms with Crippen LogP contribution in [0.4, 0.5) is 5.69 Å². The Hall–Kier alpha value is -3.33. The van der Waals surface area contributed by atoms with Gasteiger partial charge in [-0.25, -0.2) is 4.99 Å². The highest BCUT2D eigenvalue weighted by Gasteiger charge is 2.09. The Labute approximate surface area is 153 Å². The molecule has 3 nitrogen and oxygen atoms in total. The number of aryl methyl sites for hydroxylation is 1. The molecule has 0 saturated heterocycles. The summed E-state index contributed by atoms with van der Waals surface area (Å²) in [6.45, 7) is 2.91. The standard InChI is InChI=1S/C23H21N3/c1-19-17-25(18-20-11-5-2-6-12-20)23(24-21-13-7-3-8-14-21)26(19)22-15-9-4-10-16-22/h2-17H,18H2,1H3. The number of hydrogen-bond acceptors (Lipinski definition) is 1. The summed E-state index contributed by atoms with van der Waals surface area (Å²) >= 11 is 0. The Kier molecular flexibility index (Phi) is 4.52. The van der Waals surface area contributed by atoms with Crippen LogP contribution in [0.25, 0.3) is 5.69 Å². The Morgan fingerprint density at radius 1 is 0.731 bits per heavy atom. The van der Waals surface area contributed by atoms with Crippen LogP contribution in [0.15, 0.2) is 102 Å². The minimum atomic E-state index is 0.785. The second-order valence-electron chi connectivity index (χ2n) is 6.30. The van der Waals surface area contributed by atoms with Gasteiger partial charge in [-0.3, -0.25) is 4.57 Å². The molecule has 0 atom stereocenters. The van der Waals surface area contributed by atoms with Gasteiger partial charge in [0.2, 0.25) is 5.62 Å². The molecule has 1 heterocycles. The van der Waals surface area contributed by atoms with Gasteiger partial charge in [-0.2, -0.15) is 0 Å². The number of imidazole rings is 1. The molecule has 4 aromatic rings. The molecule has 4 rings (SSSR count). The first-order valence-electron chi connectivity index (χ1n) is 8.79. The molecule has 0 aliphatic rings. The van der Waals surface area contributed by atoms with Crippen LogP contribution < -0.4 is 5.62 Å². The largest absolute Gasteiger partial charge is 0.312 e. The number of benzene rings is 3. The second kappa shape index (κ2) is 7.28. The highest BCUT2D eigenvalue weighted by molar-refractivity contribution is 5.37. The van der Waals surface area contributed by atoms with Crippen molar-refractivity contribution in [1.82, 2.24) is 9.13 Å². The summed E-state index contributed by atoms with van der Waals surface area (Å²) in [5.41, 5.74) is 5.40. The van der Waals surface area contributed by atoms with Crippen LogP contribution in [0, 0.1) is 6.92 Å². The van der Waals surface area contributed by atoms with E-state index in [-0.39, 0.29) is 0 Å². The first-order chi connectivity index (χ1) is 12.8. The molecule has 0 unspecified atom stereocenters. The Balaban J connectivity index is 1.91. The summed E-state index contributed by atoms with van der Waals surface area (Å²) < 4.78 is 4.42. The third-order valence-corrected chi connectivity index (χ3v) is 4.35. The van der Waals surface area contributed by atoms with Gasteiger partial charge in [0.25, 0.3) is 0 Å². The molecule has 128 valence electrons. The molecule has 0 aliphatic carbocycles. The monoisotopic (exact) mass is 339 g/mol. The fourth-order valence-electron chi connectivity index (χ4n) is 3.15. The maximum absolute atomic E-state index is 4.96. The van der Waals surface area contributed by atoms with Gasteiger partial charge in [-0.05, 0) is 36.8 Å². The van der Waals surface area contributed by atoms with Crippen LogP contribution in [0.3, 0.4) is 0 Å². The molecule has 0 N–H and O–H groups in total. The fraction of sp³-hybridized carbons (Fsp3) is 0.0870. The van der Waals surface area contributed by atoms with Crippen LogP contribution >= 0.6 is 0 Å². The average molecular weight is 339 g/mol. The van der Waals surface area contributed by atoms with Crippen LogP contribution in [0.1, 0.15) is 11.3 Å². The number of hydrogen-bond donors (Lipinski definition) is 0. The van der Waals surface area contributed by atoms with E-state index in [1.165, 1.54) is 5.56 Å². The van der Waals surface area contributed by atoms with Crippen molar-refractivity contribution >= 4 is 5.69 Å². The summed E-state index contributed by atoms with van der Waals surface area (Å²) in [5.74, 6) is 0. The first kappa shape index (κ1) is 16.2. The molecular formula is C23H21N3. The molecule has 26 heavy (non-hydrogen) atoms. The van der Waals surface area contributed by atoms with E-state index < -0.39 is 0 Å². The Morgan fingerprint density at radius 2 is 1.31 bits per heavy atom. The highest BCUT2D eigenvalue weighted by Crippen LogP contribution is 2.13. The molecule has 0 amide bonds. The topological polar surface area (TPSA) is 22.2 Å². The molecule has 0 radical (unpaired) electrons. The smallest absolute Gasteiger partial charge is 0.215 e. The van der Waals surface area contributed by atoms with Crippen molar-refractivity contribution in [3.05, 3.63) is 114 Å². The summed E-state index contributed by atoms with van der Waals surface area (Å²) in [5, 5.41) is 0. The molecule has 3 heteroatoms. The van der Waals surface area contributed by atoms with E-state index in [1.807, 2.05) is 42.5 Å². The molecule has 0 aliphatic heterocycles. The van der Waals surface area contributed by atoms with Crippen molar-refractivity contribution in [3.8, 4) is 5.69 Å². The van der Waals surface area contributed by atoms with E-state index in [1.54, 1.807) is 0 Å². The SMILES string of the molecule is Cc1cn(Cc2ccccc2)c(=Nc2ccccc2)n1-c1ccccc1. The van der Waals surface area contributed by atoms with Crippen LogP contribution in [0.2, 0.25) is 0 Å². The molecule has 0 saturated carbocycles. The van der Waals surface area contributed by atoms with Crippen LogP contribution in [0.5, 0.6) is 0 Å². The zero-order valence-corrected chi connectivity index (χ0v) is 14.8. The number of para-hydroxylation sites is 2. The number of nitrogens with zero attached hydrogens (tertiary/aromatic N) is 3. The third-order valence-electron chi connectivity index (χ3n) is 4.35. The lowest BCUT2D eigenvalue weighted by Gasteiger charge is -2.07. The minimum Gasteiger partial charge on any atom is -0.312 e. The van der Waals surface area contributed by atoms with E-state index >= 15 is 0 Å². The Bertz CT molecular complexity index is 1040. The van der Waals surface area contributed by atoms with Crippen molar-refractivity contribution in [2.45, 2.75) is 13.5 Å². The van der Waals surface area contributed by atoms with E-state index in [9.17, 15) is 0 Å². The molecule has 0 spiro atoms. The molecule has 3 aromatic carbocycles. The lowest BCUT2D eigenvalue weighted by Crippen LogP contribution is -2.25. The first-order valence-corrected chi connectivity index (χ1v) is 8.79. The predicted octanol–water partition coefficient (Wildman–Crippen LogP) is 4.87. The average Bonchev–Trinajstić information content (AvgIpc) is 2.99. The minimum absolute atomic E-state index is 0.785. The van der Waals surface area contributed by atoms with E-state index in [0.717, 1.165) is 29.2 Å². The van der Waals surface area contributed by atoms with Crippen LogP contribution in [-0.2, 0) is 6.54 Å². The van der Waals surface area contributed by atoms with Gasteiger partial charge in [0, 0.05) is 17.6 Å². The van der Waals surface area contributed by atoms with Gasteiger partial charge < -0.3 is 4.57 Å². The van der Waals surface area contributed by atoms with Crippen LogP contribution in [-0.4, -0.2) is 9.13 Å². The maximum atomic E-state index is 4.96. The predicted molar refractivity (Wildman–Crippen MR) is 106 cm³/mol. The molecule has 1 aromatic heterocycles. The van der Waals surface area contributed by atoms with Gasteiger partial charge in [0.1, 0.15) is 0 Å². The van der Waals surface area contributed by atoms with E-state index in [2.05, 4.69) is 70.8 Å². The van der Waals surface area contributed by atoms with Gasteiger partial charge >= 0.3 is 0 Å². The van der Waals surface area contributed by atoms with Crippen molar-refractivity contribution in [3.63, 3.8) is 0 Å². The van der Waals surface area contributed by atoms with E-state index in [4.69, 9.17) is 4.99 Å². The number of rotatable bonds is 4. The molecule has 0 fully saturated rings. The third kappa shape index (κ3) is 3.38.